The van der Waals surface area contributed by atoms with Crippen molar-refractivity contribution in [2.24, 2.45) is 5.73 Å². The molecule has 3 N–H and O–H groups in total. The zero-order valence-electron chi connectivity index (χ0n) is 8.17. The van der Waals surface area contributed by atoms with E-state index in [4.69, 9.17) is 10.5 Å². The molecule has 1 atom stereocenters. The average Bonchev–Trinajstić information content (AvgIpc) is 2.04. The lowest BCUT2D eigenvalue weighted by Crippen LogP contribution is -2.37. The molecule has 0 radical (unpaired) electrons. The molecular formula is C9H17NO3. The van der Waals surface area contributed by atoms with Crippen molar-refractivity contribution in [3.8, 4) is 0 Å². The van der Waals surface area contributed by atoms with Crippen LogP contribution in [0.15, 0.2) is 12.3 Å². The first kappa shape index (κ1) is 12.0. The van der Waals surface area contributed by atoms with Crippen LogP contribution >= 0.6 is 0 Å². The van der Waals surface area contributed by atoms with E-state index in [9.17, 15) is 9.90 Å². The number of nitrogens with two attached hydrogens (primary N) is 1. The summed E-state index contributed by atoms with van der Waals surface area (Å²) in [6.07, 6.45) is 0.216. The molecule has 0 aliphatic rings. The number of carbonyl (C=O) groups is 1. The molecule has 76 valence electrons. The summed E-state index contributed by atoms with van der Waals surface area (Å²) >= 11 is 0. The lowest BCUT2D eigenvalue weighted by Gasteiger charge is -2.25. The molecule has 0 fully saturated rings. The van der Waals surface area contributed by atoms with Crippen molar-refractivity contribution in [2.75, 3.05) is 6.61 Å². The smallest absolute Gasteiger partial charge is 0.309 e. The van der Waals surface area contributed by atoms with Crippen LogP contribution in [0.1, 0.15) is 26.7 Å². The summed E-state index contributed by atoms with van der Waals surface area (Å²) in [7, 11) is 0. The second-order valence-electron chi connectivity index (χ2n) is 2.89. The van der Waals surface area contributed by atoms with Gasteiger partial charge in [-0.2, -0.15) is 0 Å². The van der Waals surface area contributed by atoms with Gasteiger partial charge in [-0.1, -0.05) is 13.5 Å². The highest BCUT2D eigenvalue weighted by molar-refractivity contribution is 5.71. The van der Waals surface area contributed by atoms with Crippen LogP contribution in [0, 0.1) is 0 Å². The fourth-order valence-electron chi connectivity index (χ4n) is 0.916. The molecule has 0 amide bonds. The highest BCUT2D eigenvalue weighted by Crippen LogP contribution is 2.20. The maximum Gasteiger partial charge on any atom is 0.309 e. The van der Waals surface area contributed by atoms with Gasteiger partial charge in [-0.3, -0.25) is 4.79 Å². The minimum absolute atomic E-state index is 0.100. The van der Waals surface area contributed by atoms with Crippen molar-refractivity contribution in [1.82, 2.24) is 0 Å². The summed E-state index contributed by atoms with van der Waals surface area (Å²) in [6, 6.07) is 0. The van der Waals surface area contributed by atoms with Gasteiger partial charge in [-0.25, -0.2) is 0 Å². The molecule has 4 nitrogen and oxygen atoms in total. The van der Waals surface area contributed by atoms with Crippen LogP contribution in [-0.4, -0.2) is 23.3 Å². The monoisotopic (exact) mass is 187 g/mol. The molecule has 0 aromatic heterocycles. The molecular weight excluding hydrogens is 170 g/mol. The van der Waals surface area contributed by atoms with E-state index in [1.165, 1.54) is 0 Å². The Morgan fingerprint density at radius 2 is 2.15 bits per heavy atom. The topological polar surface area (TPSA) is 72.5 Å². The van der Waals surface area contributed by atoms with E-state index in [0.717, 1.165) is 0 Å². The number of hydrogen-bond donors (Lipinski definition) is 2. The van der Waals surface area contributed by atoms with Crippen molar-refractivity contribution >= 4 is 5.97 Å². The second kappa shape index (κ2) is 4.87. The van der Waals surface area contributed by atoms with Gasteiger partial charge in [-0.05, 0) is 13.3 Å². The fraction of sp³-hybridized carbons (Fsp3) is 0.667. The van der Waals surface area contributed by atoms with Crippen molar-refractivity contribution < 1.29 is 14.6 Å². The SMILES string of the molecule is C=C(N)C(O)(CC)CC(=O)OCC. The minimum atomic E-state index is -1.33. The molecule has 0 aromatic carbocycles. The second-order valence-corrected chi connectivity index (χ2v) is 2.89. The summed E-state index contributed by atoms with van der Waals surface area (Å²) in [5.41, 5.74) is 4.15. The third-order valence-corrected chi connectivity index (χ3v) is 1.92. The van der Waals surface area contributed by atoms with Crippen LogP contribution in [0.5, 0.6) is 0 Å². The summed E-state index contributed by atoms with van der Waals surface area (Å²) in [4.78, 5) is 11.0. The van der Waals surface area contributed by atoms with Gasteiger partial charge in [0.05, 0.1) is 13.0 Å². The number of hydrogen-bond acceptors (Lipinski definition) is 4. The molecule has 0 heterocycles. The number of esters is 1. The van der Waals surface area contributed by atoms with E-state index in [1.54, 1.807) is 13.8 Å². The average molecular weight is 187 g/mol. The van der Waals surface area contributed by atoms with Crippen molar-refractivity contribution in [3.63, 3.8) is 0 Å². The van der Waals surface area contributed by atoms with Crippen molar-refractivity contribution in [2.45, 2.75) is 32.3 Å². The zero-order valence-corrected chi connectivity index (χ0v) is 8.17. The Morgan fingerprint density at radius 1 is 1.62 bits per heavy atom. The minimum Gasteiger partial charge on any atom is -0.466 e. The molecule has 0 aromatic rings. The van der Waals surface area contributed by atoms with Crippen LogP contribution in [0.2, 0.25) is 0 Å². The fourth-order valence-corrected chi connectivity index (χ4v) is 0.916. The van der Waals surface area contributed by atoms with Crippen LogP contribution in [0.4, 0.5) is 0 Å². The predicted molar refractivity (Wildman–Crippen MR) is 49.8 cm³/mol. The Labute approximate surface area is 78.4 Å². The van der Waals surface area contributed by atoms with Gasteiger partial charge in [0, 0.05) is 5.70 Å². The first-order chi connectivity index (χ1) is 5.96. The van der Waals surface area contributed by atoms with Gasteiger partial charge in [-0.15, -0.1) is 0 Å². The Bertz CT molecular complexity index is 203. The molecule has 1 unspecified atom stereocenters. The third-order valence-electron chi connectivity index (χ3n) is 1.92. The Hall–Kier alpha value is -1.03. The Morgan fingerprint density at radius 3 is 2.46 bits per heavy atom. The predicted octanol–water partition coefficient (Wildman–Crippen LogP) is 0.553. The maximum atomic E-state index is 11.0. The lowest BCUT2D eigenvalue weighted by atomic mass is 9.94. The summed E-state index contributed by atoms with van der Waals surface area (Å²) in [6.45, 7) is 7.17. The number of rotatable bonds is 5. The first-order valence-corrected chi connectivity index (χ1v) is 4.29. The molecule has 0 spiro atoms. The number of aliphatic hydroxyl groups is 1. The largest absolute Gasteiger partial charge is 0.466 e. The molecule has 13 heavy (non-hydrogen) atoms. The standard InChI is InChI=1S/C9H17NO3/c1-4-9(12,7(3)10)6-8(11)13-5-2/h12H,3-6,10H2,1-2H3. The van der Waals surface area contributed by atoms with E-state index in [2.05, 4.69) is 6.58 Å². The van der Waals surface area contributed by atoms with E-state index in [-0.39, 0.29) is 12.1 Å². The van der Waals surface area contributed by atoms with Crippen LogP contribution < -0.4 is 5.73 Å². The molecule has 0 saturated carbocycles. The molecule has 0 rings (SSSR count). The van der Waals surface area contributed by atoms with E-state index in [1.807, 2.05) is 0 Å². The zero-order chi connectivity index (χ0) is 10.5. The van der Waals surface area contributed by atoms with Crippen LogP contribution in [0.25, 0.3) is 0 Å². The van der Waals surface area contributed by atoms with Gasteiger partial charge >= 0.3 is 5.97 Å². The number of ether oxygens (including phenoxy) is 1. The molecule has 0 aliphatic heterocycles. The molecule has 0 bridgehead atoms. The Balaban J connectivity index is 4.27. The molecule has 4 heteroatoms. The van der Waals surface area contributed by atoms with Gasteiger partial charge < -0.3 is 15.6 Å². The van der Waals surface area contributed by atoms with Crippen molar-refractivity contribution in [1.29, 1.82) is 0 Å². The van der Waals surface area contributed by atoms with Crippen LogP contribution in [-0.2, 0) is 9.53 Å². The van der Waals surface area contributed by atoms with E-state index in [0.29, 0.717) is 13.0 Å². The van der Waals surface area contributed by atoms with Crippen LogP contribution in [0.3, 0.4) is 0 Å². The summed E-state index contributed by atoms with van der Waals surface area (Å²) in [5, 5.41) is 9.77. The van der Waals surface area contributed by atoms with E-state index < -0.39 is 11.6 Å². The van der Waals surface area contributed by atoms with Gasteiger partial charge in [0.25, 0.3) is 0 Å². The van der Waals surface area contributed by atoms with Gasteiger partial charge in [0.1, 0.15) is 5.60 Å². The van der Waals surface area contributed by atoms with E-state index >= 15 is 0 Å². The lowest BCUT2D eigenvalue weighted by molar-refractivity contribution is -0.147. The van der Waals surface area contributed by atoms with Crippen molar-refractivity contribution in [3.05, 3.63) is 12.3 Å². The van der Waals surface area contributed by atoms with Gasteiger partial charge in [0.2, 0.25) is 0 Å². The highest BCUT2D eigenvalue weighted by Gasteiger charge is 2.30. The quantitative estimate of drug-likeness (QED) is 0.616. The first-order valence-electron chi connectivity index (χ1n) is 4.29. The summed E-state index contributed by atoms with van der Waals surface area (Å²) < 4.78 is 4.69. The summed E-state index contributed by atoms with van der Waals surface area (Å²) in [5.74, 6) is -0.460. The highest BCUT2D eigenvalue weighted by atomic mass is 16.5. The maximum absolute atomic E-state index is 11.0. The normalized spacial score (nSPS) is 14.7. The molecule has 0 aliphatic carbocycles. The number of carbonyl (C=O) groups excluding carboxylic acids is 1. The Kier molecular flexibility index (Phi) is 4.48. The molecule has 0 saturated heterocycles. The van der Waals surface area contributed by atoms with Gasteiger partial charge in [0.15, 0.2) is 0 Å². The third kappa shape index (κ3) is 3.46.